The molecule has 6 heteroatoms. The van der Waals surface area contributed by atoms with Gasteiger partial charge >= 0.3 is 0 Å². The smallest absolute Gasteiger partial charge is 0.143 e. The summed E-state index contributed by atoms with van der Waals surface area (Å²) < 4.78 is 0. The van der Waals surface area contributed by atoms with Gasteiger partial charge in [0.15, 0.2) is 0 Å². The van der Waals surface area contributed by atoms with Crippen LogP contribution in [0, 0.1) is 6.07 Å². The van der Waals surface area contributed by atoms with E-state index in [1.54, 1.807) is 12.1 Å². The molecule has 0 saturated heterocycles. The van der Waals surface area contributed by atoms with Crippen molar-refractivity contribution in [3.8, 4) is 34.1 Å². The number of rotatable bonds is 2. The number of fused-ring (bicyclic) bond motifs is 1. The van der Waals surface area contributed by atoms with Gasteiger partial charge in [0.2, 0.25) is 0 Å². The SMILES string of the molecule is [Ir].[O-]c1cccnc1-c1ncccc1O.[c-]1ccccc1-c1nccc2ccccc12. The number of nitrogens with zero attached hydrogens (tertiary/aromatic N) is 3. The minimum absolute atomic E-state index is 0. The van der Waals surface area contributed by atoms with E-state index in [2.05, 4.69) is 33.2 Å². The second-order valence-corrected chi connectivity index (χ2v) is 6.38. The van der Waals surface area contributed by atoms with E-state index in [1.165, 1.54) is 35.3 Å². The zero-order valence-electron chi connectivity index (χ0n) is 16.3. The first kappa shape index (κ1) is 22.1. The third-order valence-electron chi connectivity index (χ3n) is 4.42. The molecule has 3 aromatic heterocycles. The summed E-state index contributed by atoms with van der Waals surface area (Å²) in [4.78, 5) is 12.2. The van der Waals surface area contributed by atoms with E-state index in [9.17, 15) is 10.2 Å². The number of hydrogen-bond donors (Lipinski definition) is 1. The largest absolute Gasteiger partial charge is 0.871 e. The second-order valence-electron chi connectivity index (χ2n) is 6.38. The summed E-state index contributed by atoms with van der Waals surface area (Å²) >= 11 is 0. The first-order chi connectivity index (χ1) is 14.7. The van der Waals surface area contributed by atoms with Gasteiger partial charge in [-0.3, -0.25) is 9.97 Å². The van der Waals surface area contributed by atoms with Crippen LogP contribution in [-0.2, 0) is 20.1 Å². The minimum Gasteiger partial charge on any atom is -0.871 e. The fraction of sp³-hybridized carbons (Fsp3) is 0. The van der Waals surface area contributed by atoms with Crippen LogP contribution >= 0.6 is 0 Å². The Hall–Kier alpha value is -3.60. The molecule has 2 aromatic carbocycles. The molecule has 0 unspecified atom stereocenters. The van der Waals surface area contributed by atoms with Crippen LogP contribution in [0.4, 0.5) is 0 Å². The fourth-order valence-corrected chi connectivity index (χ4v) is 3.02. The van der Waals surface area contributed by atoms with Gasteiger partial charge in [-0.15, -0.1) is 35.9 Å². The molecule has 5 rings (SSSR count). The van der Waals surface area contributed by atoms with Crippen molar-refractivity contribution in [2.75, 3.05) is 0 Å². The van der Waals surface area contributed by atoms with E-state index < -0.39 is 0 Å². The van der Waals surface area contributed by atoms with Gasteiger partial charge in [-0.05, 0) is 40.7 Å². The maximum Gasteiger partial charge on any atom is 0.143 e. The molecular formula is C25H17IrN3O2-2. The molecule has 5 aromatic rings. The molecule has 155 valence electrons. The summed E-state index contributed by atoms with van der Waals surface area (Å²) in [5, 5.41) is 23.2. The molecule has 0 saturated carbocycles. The normalized spacial score (nSPS) is 9.94. The maximum absolute atomic E-state index is 11.4. The van der Waals surface area contributed by atoms with Gasteiger partial charge in [-0.25, -0.2) is 0 Å². The van der Waals surface area contributed by atoms with Crippen LogP contribution in [0.5, 0.6) is 11.5 Å². The third kappa shape index (κ3) is 5.12. The Morgan fingerprint density at radius 1 is 0.677 bits per heavy atom. The van der Waals surface area contributed by atoms with Crippen LogP contribution in [0.1, 0.15) is 0 Å². The monoisotopic (exact) mass is 584 g/mol. The van der Waals surface area contributed by atoms with Crippen molar-refractivity contribution in [2.24, 2.45) is 0 Å². The minimum atomic E-state index is -0.249. The zero-order valence-corrected chi connectivity index (χ0v) is 18.7. The van der Waals surface area contributed by atoms with Crippen molar-refractivity contribution in [3.05, 3.63) is 104 Å². The van der Waals surface area contributed by atoms with Crippen LogP contribution in [0.25, 0.3) is 33.4 Å². The molecule has 0 atom stereocenters. The molecule has 0 amide bonds. The van der Waals surface area contributed by atoms with Gasteiger partial charge < -0.3 is 15.2 Å². The van der Waals surface area contributed by atoms with Crippen molar-refractivity contribution < 1.29 is 30.3 Å². The molecule has 0 bridgehead atoms. The molecule has 5 nitrogen and oxygen atoms in total. The maximum atomic E-state index is 11.4. The van der Waals surface area contributed by atoms with Gasteiger partial charge in [-0.1, -0.05) is 36.1 Å². The number of hydrogen-bond acceptors (Lipinski definition) is 5. The van der Waals surface area contributed by atoms with Crippen molar-refractivity contribution >= 4 is 10.8 Å². The Morgan fingerprint density at radius 2 is 1.39 bits per heavy atom. The van der Waals surface area contributed by atoms with Crippen LogP contribution in [0.15, 0.2) is 97.5 Å². The summed E-state index contributed by atoms with van der Waals surface area (Å²) in [6, 6.07) is 27.4. The van der Waals surface area contributed by atoms with E-state index in [1.807, 2.05) is 48.7 Å². The summed E-state index contributed by atoms with van der Waals surface area (Å²) in [6.07, 6.45) is 4.84. The van der Waals surface area contributed by atoms with Crippen LogP contribution in [0.3, 0.4) is 0 Å². The average molecular weight is 584 g/mol. The predicted octanol–water partition coefficient (Wildman–Crippen LogP) is 4.62. The second kappa shape index (κ2) is 10.4. The molecule has 0 aliphatic carbocycles. The van der Waals surface area contributed by atoms with Gasteiger partial charge in [-0.2, -0.15) is 0 Å². The molecule has 3 heterocycles. The van der Waals surface area contributed by atoms with Crippen LogP contribution in [0.2, 0.25) is 0 Å². The summed E-state index contributed by atoms with van der Waals surface area (Å²) in [5.41, 5.74) is 2.43. The Bertz CT molecular complexity index is 1230. The molecule has 0 fully saturated rings. The number of aromatic nitrogens is 3. The quantitative estimate of drug-likeness (QED) is 0.307. The van der Waals surface area contributed by atoms with Gasteiger partial charge in [0.05, 0.1) is 5.69 Å². The third-order valence-corrected chi connectivity index (χ3v) is 4.42. The number of pyridine rings is 3. The topological polar surface area (TPSA) is 82.0 Å². The van der Waals surface area contributed by atoms with E-state index >= 15 is 0 Å². The van der Waals surface area contributed by atoms with E-state index in [0.29, 0.717) is 0 Å². The predicted molar refractivity (Wildman–Crippen MR) is 115 cm³/mol. The van der Waals surface area contributed by atoms with E-state index in [-0.39, 0.29) is 43.0 Å². The first-order valence-electron chi connectivity index (χ1n) is 9.31. The van der Waals surface area contributed by atoms with E-state index in [0.717, 1.165) is 11.3 Å². The number of aromatic hydroxyl groups is 1. The molecule has 1 radical (unpaired) electrons. The summed E-state index contributed by atoms with van der Waals surface area (Å²) in [7, 11) is 0. The average Bonchev–Trinajstić information content (AvgIpc) is 2.81. The Balaban J connectivity index is 0.000000172. The van der Waals surface area contributed by atoms with Gasteiger partial charge in [0, 0.05) is 38.7 Å². The Morgan fingerprint density at radius 3 is 2.13 bits per heavy atom. The Labute approximate surface area is 193 Å². The van der Waals surface area contributed by atoms with Crippen molar-refractivity contribution in [2.45, 2.75) is 0 Å². The summed E-state index contributed by atoms with van der Waals surface area (Å²) in [5.74, 6) is -0.287. The molecule has 0 aliphatic heterocycles. The number of benzene rings is 2. The van der Waals surface area contributed by atoms with Crippen molar-refractivity contribution in [1.82, 2.24) is 15.0 Å². The van der Waals surface area contributed by atoms with Crippen LogP contribution in [-0.4, -0.2) is 20.1 Å². The Kier molecular flexibility index (Phi) is 7.44. The zero-order chi connectivity index (χ0) is 20.8. The molecule has 1 N–H and O–H groups in total. The van der Waals surface area contributed by atoms with Gasteiger partial charge in [0.1, 0.15) is 11.4 Å². The van der Waals surface area contributed by atoms with Crippen molar-refractivity contribution in [1.29, 1.82) is 0 Å². The summed E-state index contributed by atoms with van der Waals surface area (Å²) in [6.45, 7) is 0. The van der Waals surface area contributed by atoms with Crippen LogP contribution < -0.4 is 5.11 Å². The van der Waals surface area contributed by atoms with Gasteiger partial charge in [0.25, 0.3) is 0 Å². The fourth-order valence-electron chi connectivity index (χ4n) is 3.02. The van der Waals surface area contributed by atoms with E-state index in [4.69, 9.17) is 0 Å². The molecular weight excluding hydrogens is 567 g/mol. The first-order valence-corrected chi connectivity index (χ1v) is 9.31. The molecule has 0 spiro atoms. The molecule has 0 aliphatic rings. The van der Waals surface area contributed by atoms with Crippen molar-refractivity contribution in [3.63, 3.8) is 0 Å². The standard InChI is InChI=1S/C15H10N.C10H8N2O2.Ir/c1-2-7-13(8-3-1)15-14-9-5-4-6-12(14)10-11-16-15;13-7-3-1-5-11-9(7)10-8(14)4-2-6-12-10;/h1-7,9-11H;1-6,13-14H;/q-1;;/p-1. The molecule has 31 heavy (non-hydrogen) atoms.